The van der Waals surface area contributed by atoms with Gasteiger partial charge in [0.25, 0.3) is 0 Å². The molecule has 0 radical (unpaired) electrons. The van der Waals surface area contributed by atoms with E-state index in [0.29, 0.717) is 11.7 Å². The maximum Gasteiger partial charge on any atom is 0.389 e. The van der Waals surface area contributed by atoms with Crippen LogP contribution in [0.1, 0.15) is 39.0 Å². The van der Waals surface area contributed by atoms with Gasteiger partial charge in [-0.05, 0) is 38.4 Å². The van der Waals surface area contributed by atoms with Gasteiger partial charge in [0.1, 0.15) is 0 Å². The van der Waals surface area contributed by atoms with E-state index in [9.17, 15) is 13.2 Å². The van der Waals surface area contributed by atoms with Gasteiger partial charge in [0.2, 0.25) is 0 Å². The van der Waals surface area contributed by atoms with Crippen molar-refractivity contribution in [2.24, 2.45) is 0 Å². The van der Waals surface area contributed by atoms with Crippen molar-refractivity contribution in [2.45, 2.75) is 56.5 Å². The predicted octanol–water partition coefficient (Wildman–Crippen LogP) is 3.59. The van der Waals surface area contributed by atoms with Crippen LogP contribution in [0.5, 0.6) is 0 Å². The average Bonchev–Trinajstić information content (AvgIpc) is 2.65. The van der Waals surface area contributed by atoms with E-state index in [4.69, 9.17) is 0 Å². The summed E-state index contributed by atoms with van der Waals surface area (Å²) in [6.07, 6.45) is -1.29. The van der Waals surface area contributed by atoms with Crippen molar-refractivity contribution >= 4 is 11.8 Å². The van der Waals surface area contributed by atoms with E-state index in [1.807, 2.05) is 18.7 Å². The molecule has 16 heavy (non-hydrogen) atoms. The maximum atomic E-state index is 11.9. The molecule has 0 aromatic rings. The van der Waals surface area contributed by atoms with E-state index < -0.39 is 12.6 Å². The highest BCUT2D eigenvalue weighted by molar-refractivity contribution is 8.00. The smallest absolute Gasteiger partial charge is 0.313 e. The van der Waals surface area contributed by atoms with Crippen LogP contribution >= 0.6 is 11.8 Å². The molecule has 1 aliphatic rings. The van der Waals surface area contributed by atoms with Crippen LogP contribution in [0.4, 0.5) is 13.2 Å². The van der Waals surface area contributed by atoms with Crippen molar-refractivity contribution in [2.75, 3.05) is 12.3 Å². The summed E-state index contributed by atoms with van der Waals surface area (Å²) in [5.41, 5.74) is 0. The summed E-state index contributed by atoms with van der Waals surface area (Å²) in [5, 5.41) is 3.99. The monoisotopic (exact) mass is 255 g/mol. The Hall–Kier alpha value is 0.100. The zero-order chi connectivity index (χ0) is 12.0. The number of hydrogen-bond donors (Lipinski definition) is 1. The fourth-order valence-corrected chi connectivity index (χ4v) is 3.06. The highest BCUT2D eigenvalue weighted by Crippen LogP contribution is 2.26. The second-order valence-electron chi connectivity index (χ2n) is 4.45. The van der Waals surface area contributed by atoms with Crippen LogP contribution in [0.3, 0.4) is 0 Å². The Bertz CT molecular complexity index is 190. The van der Waals surface area contributed by atoms with Gasteiger partial charge in [0, 0.05) is 24.3 Å². The van der Waals surface area contributed by atoms with E-state index in [1.54, 1.807) is 0 Å². The van der Waals surface area contributed by atoms with E-state index in [2.05, 4.69) is 5.32 Å². The molecule has 0 aromatic heterocycles. The molecule has 2 unspecified atom stereocenters. The first-order valence-electron chi connectivity index (χ1n) is 5.89. The lowest BCUT2D eigenvalue weighted by atomic mass is 10.1. The molecule has 5 heteroatoms. The molecule has 1 rings (SSSR count). The summed E-state index contributed by atoms with van der Waals surface area (Å²) in [5.74, 6) is 1.23. The quantitative estimate of drug-likeness (QED) is 0.778. The standard InChI is InChI=1S/C11H20F3NS/c1-9(4-2-6-11(12,13)14)15-8-10-5-3-7-16-10/h9-10,15H,2-8H2,1H3. The number of hydrogen-bond acceptors (Lipinski definition) is 2. The molecule has 2 atom stereocenters. The fourth-order valence-electron chi connectivity index (χ4n) is 1.85. The van der Waals surface area contributed by atoms with Gasteiger partial charge in [-0.25, -0.2) is 0 Å². The molecule has 0 spiro atoms. The first-order chi connectivity index (χ1) is 7.47. The molecule has 0 bridgehead atoms. The topological polar surface area (TPSA) is 12.0 Å². The normalized spacial score (nSPS) is 23.6. The molecule has 0 aromatic carbocycles. The Balaban J connectivity index is 2.00. The highest BCUT2D eigenvalue weighted by atomic mass is 32.2. The van der Waals surface area contributed by atoms with Crippen LogP contribution in [0.15, 0.2) is 0 Å². The number of nitrogens with one attached hydrogen (secondary N) is 1. The van der Waals surface area contributed by atoms with Crippen LogP contribution in [0, 0.1) is 0 Å². The number of alkyl halides is 3. The molecule has 0 aliphatic carbocycles. The van der Waals surface area contributed by atoms with Crippen molar-refractivity contribution in [1.82, 2.24) is 5.32 Å². The van der Waals surface area contributed by atoms with Gasteiger partial charge in [-0.1, -0.05) is 0 Å². The van der Waals surface area contributed by atoms with Crippen LogP contribution in [0.25, 0.3) is 0 Å². The van der Waals surface area contributed by atoms with Crippen molar-refractivity contribution in [3.63, 3.8) is 0 Å². The van der Waals surface area contributed by atoms with Crippen LogP contribution in [-0.2, 0) is 0 Å². The summed E-state index contributed by atoms with van der Waals surface area (Å²) in [6.45, 7) is 2.91. The molecule has 0 saturated carbocycles. The second kappa shape index (κ2) is 6.74. The first kappa shape index (κ1) is 14.2. The fraction of sp³-hybridized carbons (Fsp3) is 1.00. The van der Waals surface area contributed by atoms with Crippen LogP contribution in [-0.4, -0.2) is 29.8 Å². The summed E-state index contributed by atoms with van der Waals surface area (Å²) in [6, 6.07) is 0.198. The predicted molar refractivity (Wildman–Crippen MR) is 62.9 cm³/mol. The van der Waals surface area contributed by atoms with Gasteiger partial charge >= 0.3 is 6.18 Å². The van der Waals surface area contributed by atoms with E-state index in [0.717, 1.165) is 6.54 Å². The van der Waals surface area contributed by atoms with E-state index >= 15 is 0 Å². The SMILES string of the molecule is CC(CCCC(F)(F)F)NCC1CCCS1. The first-order valence-corrected chi connectivity index (χ1v) is 6.94. The largest absolute Gasteiger partial charge is 0.389 e. The molecule has 1 N–H and O–H groups in total. The Morgan fingerprint density at radius 2 is 2.19 bits per heavy atom. The minimum absolute atomic E-state index is 0.198. The third kappa shape index (κ3) is 6.63. The lowest BCUT2D eigenvalue weighted by molar-refractivity contribution is -0.135. The van der Waals surface area contributed by atoms with Crippen molar-refractivity contribution < 1.29 is 13.2 Å². The average molecular weight is 255 g/mol. The summed E-state index contributed by atoms with van der Waals surface area (Å²) < 4.78 is 35.7. The van der Waals surface area contributed by atoms with Gasteiger partial charge in [-0.2, -0.15) is 24.9 Å². The highest BCUT2D eigenvalue weighted by Gasteiger charge is 2.26. The molecule has 96 valence electrons. The minimum atomic E-state index is -4.00. The lowest BCUT2D eigenvalue weighted by Gasteiger charge is -2.17. The third-order valence-electron chi connectivity index (χ3n) is 2.82. The summed E-state index contributed by atoms with van der Waals surface area (Å²) >= 11 is 1.97. The lowest BCUT2D eigenvalue weighted by Crippen LogP contribution is -2.31. The second-order valence-corrected chi connectivity index (χ2v) is 5.86. The van der Waals surface area contributed by atoms with Crippen LogP contribution < -0.4 is 5.32 Å². The maximum absolute atomic E-state index is 11.9. The van der Waals surface area contributed by atoms with Crippen LogP contribution in [0.2, 0.25) is 0 Å². The Kier molecular flexibility index (Phi) is 5.97. The molecule has 1 aliphatic heterocycles. The number of halogens is 3. The van der Waals surface area contributed by atoms with Crippen molar-refractivity contribution in [3.8, 4) is 0 Å². The zero-order valence-corrected chi connectivity index (χ0v) is 10.5. The van der Waals surface area contributed by atoms with E-state index in [1.165, 1.54) is 18.6 Å². The van der Waals surface area contributed by atoms with Crippen molar-refractivity contribution in [1.29, 1.82) is 0 Å². The summed E-state index contributed by atoms with van der Waals surface area (Å²) in [7, 11) is 0. The zero-order valence-electron chi connectivity index (χ0n) is 9.65. The molecule has 0 amide bonds. The Morgan fingerprint density at radius 3 is 2.75 bits per heavy atom. The molecule has 1 fully saturated rings. The van der Waals surface area contributed by atoms with Gasteiger partial charge in [-0.15, -0.1) is 0 Å². The van der Waals surface area contributed by atoms with Gasteiger partial charge in [0.05, 0.1) is 0 Å². The minimum Gasteiger partial charge on any atom is -0.313 e. The van der Waals surface area contributed by atoms with Crippen molar-refractivity contribution in [3.05, 3.63) is 0 Å². The summed E-state index contributed by atoms with van der Waals surface area (Å²) in [4.78, 5) is 0. The number of rotatable bonds is 6. The van der Waals surface area contributed by atoms with Gasteiger partial charge in [0.15, 0.2) is 0 Å². The Labute approximate surface area is 99.6 Å². The van der Waals surface area contributed by atoms with E-state index in [-0.39, 0.29) is 12.5 Å². The number of thioether (sulfide) groups is 1. The molecular weight excluding hydrogens is 235 g/mol. The Morgan fingerprint density at radius 1 is 1.44 bits per heavy atom. The molecule has 1 nitrogen and oxygen atoms in total. The third-order valence-corrected chi connectivity index (χ3v) is 4.21. The van der Waals surface area contributed by atoms with Gasteiger partial charge < -0.3 is 5.32 Å². The molecule has 1 heterocycles. The molecular formula is C11H20F3NS. The molecule has 1 saturated heterocycles. The van der Waals surface area contributed by atoms with Gasteiger partial charge in [-0.3, -0.25) is 0 Å².